The van der Waals surface area contributed by atoms with E-state index in [2.05, 4.69) is 15.6 Å². The molecule has 0 unspecified atom stereocenters. The van der Waals surface area contributed by atoms with Gasteiger partial charge in [-0.25, -0.2) is 15.0 Å². The summed E-state index contributed by atoms with van der Waals surface area (Å²) >= 11 is 2.77. The van der Waals surface area contributed by atoms with E-state index in [1.807, 2.05) is 121 Å². The van der Waals surface area contributed by atoms with Crippen molar-refractivity contribution >= 4 is 44.8 Å². The standard InChI is InChI=1S/C37H25N5O2S2/c43-34(41-36-39-30(24-14-5-1-6-15-24)32(45-36)26-18-9-3-10-19-26)28-22-13-23-29(38-28)35(44)42-37-40-31(25-16-7-2-8-17-25)33(46-37)27-20-11-4-12-21-27/h1-23H,(H,39,41,43)(H,40,42,44). The van der Waals surface area contributed by atoms with E-state index in [9.17, 15) is 9.59 Å². The Labute approximate surface area is 273 Å². The van der Waals surface area contributed by atoms with E-state index in [1.165, 1.54) is 22.7 Å². The predicted molar refractivity (Wildman–Crippen MR) is 186 cm³/mol. The quantitative estimate of drug-likeness (QED) is 0.174. The Bertz CT molecular complexity index is 1870. The van der Waals surface area contributed by atoms with Gasteiger partial charge in [-0.15, -0.1) is 0 Å². The van der Waals surface area contributed by atoms with E-state index in [4.69, 9.17) is 9.97 Å². The minimum atomic E-state index is -0.463. The Morgan fingerprint density at radius 2 is 0.761 bits per heavy atom. The molecule has 9 heteroatoms. The minimum absolute atomic E-state index is 0.0967. The zero-order chi connectivity index (χ0) is 31.3. The first kappa shape index (κ1) is 29.0. The highest BCUT2D eigenvalue weighted by molar-refractivity contribution is 7.20. The van der Waals surface area contributed by atoms with E-state index < -0.39 is 11.8 Å². The van der Waals surface area contributed by atoms with Gasteiger partial charge in [-0.2, -0.15) is 0 Å². The van der Waals surface area contributed by atoms with Crippen LogP contribution in [0.2, 0.25) is 0 Å². The topological polar surface area (TPSA) is 96.9 Å². The molecule has 0 spiro atoms. The van der Waals surface area contributed by atoms with Crippen LogP contribution in [0.1, 0.15) is 21.0 Å². The smallest absolute Gasteiger partial charge is 0.276 e. The largest absolute Gasteiger partial charge is 0.296 e. The highest BCUT2D eigenvalue weighted by atomic mass is 32.1. The van der Waals surface area contributed by atoms with Crippen molar-refractivity contribution in [3.63, 3.8) is 0 Å². The third-order valence-corrected chi connectivity index (χ3v) is 9.12. The number of nitrogens with one attached hydrogen (secondary N) is 2. The summed E-state index contributed by atoms with van der Waals surface area (Å²) in [6.07, 6.45) is 0. The van der Waals surface area contributed by atoms with Crippen LogP contribution >= 0.6 is 22.7 Å². The van der Waals surface area contributed by atoms with Crippen molar-refractivity contribution in [1.82, 2.24) is 15.0 Å². The SMILES string of the molecule is O=C(Nc1nc(-c2ccccc2)c(-c2ccccc2)s1)c1cccc(C(=O)Nc2nc(-c3ccccc3)c(-c3ccccc3)s2)n1. The van der Waals surface area contributed by atoms with Gasteiger partial charge in [0, 0.05) is 11.1 Å². The van der Waals surface area contributed by atoms with Gasteiger partial charge < -0.3 is 0 Å². The molecule has 7 aromatic rings. The number of thiazole rings is 2. The lowest BCUT2D eigenvalue weighted by atomic mass is 10.1. The van der Waals surface area contributed by atoms with Crippen LogP contribution in [0.3, 0.4) is 0 Å². The maximum absolute atomic E-state index is 13.4. The van der Waals surface area contributed by atoms with Crippen LogP contribution in [-0.4, -0.2) is 26.8 Å². The average molecular weight is 636 g/mol. The molecule has 7 nitrogen and oxygen atoms in total. The number of carbonyl (C=O) groups excluding carboxylic acids is 2. The highest BCUT2D eigenvalue weighted by Gasteiger charge is 2.20. The summed E-state index contributed by atoms with van der Waals surface area (Å²) in [6, 6.07) is 44.3. The fourth-order valence-electron chi connectivity index (χ4n) is 4.91. The number of nitrogens with zero attached hydrogens (tertiary/aromatic N) is 3. The Kier molecular flexibility index (Phi) is 8.23. The fourth-order valence-corrected chi connectivity index (χ4v) is 6.89. The first-order valence-electron chi connectivity index (χ1n) is 14.5. The van der Waals surface area contributed by atoms with Crippen LogP contribution in [0.4, 0.5) is 10.3 Å². The van der Waals surface area contributed by atoms with Crippen LogP contribution < -0.4 is 10.6 Å². The van der Waals surface area contributed by atoms with Crippen molar-refractivity contribution in [2.45, 2.75) is 0 Å². The normalized spacial score (nSPS) is 10.8. The molecule has 0 fully saturated rings. The molecule has 3 aromatic heterocycles. The Morgan fingerprint density at radius 3 is 1.13 bits per heavy atom. The summed E-state index contributed by atoms with van der Waals surface area (Å²) in [5.41, 5.74) is 5.65. The second-order valence-corrected chi connectivity index (χ2v) is 12.2. The third-order valence-electron chi connectivity index (χ3n) is 7.08. The van der Waals surface area contributed by atoms with Crippen LogP contribution in [-0.2, 0) is 0 Å². The molecule has 222 valence electrons. The zero-order valence-corrected chi connectivity index (χ0v) is 25.9. The van der Waals surface area contributed by atoms with Crippen molar-refractivity contribution in [2.24, 2.45) is 0 Å². The number of carbonyl (C=O) groups is 2. The first-order valence-corrected chi connectivity index (χ1v) is 16.1. The fraction of sp³-hybridized carbons (Fsp3) is 0. The minimum Gasteiger partial charge on any atom is -0.296 e. The molecular formula is C37H25N5O2S2. The van der Waals surface area contributed by atoms with Crippen molar-refractivity contribution in [2.75, 3.05) is 10.6 Å². The number of amides is 2. The zero-order valence-electron chi connectivity index (χ0n) is 24.3. The molecule has 7 rings (SSSR count). The van der Waals surface area contributed by atoms with Crippen molar-refractivity contribution in [3.05, 3.63) is 151 Å². The van der Waals surface area contributed by atoms with Gasteiger partial charge in [-0.3, -0.25) is 20.2 Å². The molecule has 0 atom stereocenters. The highest BCUT2D eigenvalue weighted by Crippen LogP contribution is 2.40. The summed E-state index contributed by atoms with van der Waals surface area (Å²) in [5, 5.41) is 6.64. The number of hydrogen-bond donors (Lipinski definition) is 2. The number of benzene rings is 4. The molecule has 46 heavy (non-hydrogen) atoms. The van der Waals surface area contributed by atoms with Gasteiger partial charge >= 0.3 is 0 Å². The van der Waals surface area contributed by atoms with Gasteiger partial charge in [0.2, 0.25) is 0 Å². The molecule has 2 N–H and O–H groups in total. The van der Waals surface area contributed by atoms with E-state index in [0.717, 1.165) is 43.4 Å². The van der Waals surface area contributed by atoms with Crippen LogP contribution in [0.5, 0.6) is 0 Å². The average Bonchev–Trinajstić information content (AvgIpc) is 3.74. The molecule has 0 bridgehead atoms. The van der Waals surface area contributed by atoms with E-state index in [0.29, 0.717) is 10.3 Å². The molecular weight excluding hydrogens is 611 g/mol. The second kappa shape index (κ2) is 13.1. The molecule has 3 heterocycles. The van der Waals surface area contributed by atoms with E-state index in [1.54, 1.807) is 18.2 Å². The van der Waals surface area contributed by atoms with Crippen molar-refractivity contribution in [1.29, 1.82) is 0 Å². The maximum atomic E-state index is 13.4. The van der Waals surface area contributed by atoms with Crippen LogP contribution in [0.25, 0.3) is 43.4 Å². The Balaban J connectivity index is 1.13. The summed E-state index contributed by atoms with van der Waals surface area (Å²) in [6.45, 7) is 0. The number of pyridine rings is 1. The maximum Gasteiger partial charge on any atom is 0.276 e. The molecule has 0 aliphatic rings. The lowest BCUT2D eigenvalue weighted by Gasteiger charge is -2.04. The summed E-state index contributed by atoms with van der Waals surface area (Å²) in [4.78, 5) is 42.5. The number of rotatable bonds is 8. The van der Waals surface area contributed by atoms with Crippen LogP contribution in [0.15, 0.2) is 140 Å². The third kappa shape index (κ3) is 6.23. The van der Waals surface area contributed by atoms with Gasteiger partial charge in [0.1, 0.15) is 11.4 Å². The monoisotopic (exact) mass is 635 g/mol. The predicted octanol–water partition coefficient (Wildman–Crippen LogP) is 9.17. The molecule has 0 aliphatic heterocycles. The number of aromatic nitrogens is 3. The molecule has 0 radical (unpaired) electrons. The van der Waals surface area contributed by atoms with Gasteiger partial charge in [-0.1, -0.05) is 150 Å². The lowest BCUT2D eigenvalue weighted by Crippen LogP contribution is -2.18. The Hall–Kier alpha value is -5.77. The summed E-state index contributed by atoms with van der Waals surface area (Å²) < 4.78 is 0. The Morgan fingerprint density at radius 1 is 0.413 bits per heavy atom. The first-order chi connectivity index (χ1) is 22.6. The van der Waals surface area contributed by atoms with Crippen molar-refractivity contribution < 1.29 is 9.59 Å². The molecule has 0 saturated heterocycles. The second-order valence-electron chi connectivity index (χ2n) is 10.2. The molecule has 0 aliphatic carbocycles. The lowest BCUT2D eigenvalue weighted by molar-refractivity contribution is 0.101. The van der Waals surface area contributed by atoms with Crippen molar-refractivity contribution in [3.8, 4) is 43.4 Å². The van der Waals surface area contributed by atoms with Gasteiger partial charge in [0.05, 0.1) is 21.1 Å². The summed E-state index contributed by atoms with van der Waals surface area (Å²) in [5.74, 6) is -0.927. The molecule has 0 saturated carbocycles. The van der Waals surface area contributed by atoms with Crippen LogP contribution in [0, 0.1) is 0 Å². The summed E-state index contributed by atoms with van der Waals surface area (Å²) in [7, 11) is 0. The van der Waals surface area contributed by atoms with E-state index >= 15 is 0 Å². The van der Waals surface area contributed by atoms with E-state index in [-0.39, 0.29) is 11.4 Å². The number of anilines is 2. The van der Waals surface area contributed by atoms with Gasteiger partial charge in [0.15, 0.2) is 10.3 Å². The molecule has 2 amide bonds. The molecule has 4 aromatic carbocycles. The van der Waals surface area contributed by atoms with Gasteiger partial charge in [-0.05, 0) is 23.3 Å². The number of hydrogen-bond acceptors (Lipinski definition) is 7. The van der Waals surface area contributed by atoms with Gasteiger partial charge in [0.25, 0.3) is 11.8 Å².